The fourth-order valence-corrected chi connectivity index (χ4v) is 3.25. The van der Waals surface area contributed by atoms with Gasteiger partial charge in [-0.3, -0.25) is 4.79 Å². The SMILES string of the molecule is CC1CCCCC1NC(=O)NC1CC(=O)N(C(C)C)C1. The van der Waals surface area contributed by atoms with Gasteiger partial charge in [0.2, 0.25) is 5.91 Å². The van der Waals surface area contributed by atoms with Crippen LogP contribution in [0.25, 0.3) is 0 Å². The zero-order valence-electron chi connectivity index (χ0n) is 12.8. The summed E-state index contributed by atoms with van der Waals surface area (Å²) in [6.45, 7) is 6.84. The molecule has 3 unspecified atom stereocenters. The number of hydrogen-bond acceptors (Lipinski definition) is 2. The van der Waals surface area contributed by atoms with Crippen molar-refractivity contribution >= 4 is 11.9 Å². The highest BCUT2D eigenvalue weighted by Crippen LogP contribution is 2.23. The number of hydrogen-bond donors (Lipinski definition) is 2. The van der Waals surface area contributed by atoms with Crippen molar-refractivity contribution in [3.63, 3.8) is 0 Å². The van der Waals surface area contributed by atoms with Crippen LogP contribution in [0.15, 0.2) is 0 Å². The Labute approximate surface area is 121 Å². The fraction of sp³-hybridized carbons (Fsp3) is 0.867. The predicted molar refractivity (Wildman–Crippen MR) is 78.3 cm³/mol. The van der Waals surface area contributed by atoms with Gasteiger partial charge in [0.1, 0.15) is 0 Å². The molecule has 114 valence electrons. The van der Waals surface area contributed by atoms with Gasteiger partial charge in [-0.05, 0) is 32.6 Å². The van der Waals surface area contributed by atoms with Crippen molar-refractivity contribution in [1.82, 2.24) is 15.5 Å². The molecule has 0 spiro atoms. The molecule has 3 atom stereocenters. The number of nitrogens with one attached hydrogen (secondary N) is 2. The van der Waals surface area contributed by atoms with Gasteiger partial charge in [0, 0.05) is 25.0 Å². The van der Waals surface area contributed by atoms with Gasteiger partial charge < -0.3 is 15.5 Å². The van der Waals surface area contributed by atoms with E-state index < -0.39 is 0 Å². The first-order valence-electron chi connectivity index (χ1n) is 7.84. The first-order chi connectivity index (χ1) is 9.47. The zero-order valence-corrected chi connectivity index (χ0v) is 12.8. The summed E-state index contributed by atoms with van der Waals surface area (Å²) < 4.78 is 0. The maximum atomic E-state index is 12.0. The lowest BCUT2D eigenvalue weighted by Gasteiger charge is -2.30. The first kappa shape index (κ1) is 15.1. The fourth-order valence-electron chi connectivity index (χ4n) is 3.25. The molecule has 3 amide bonds. The molecule has 0 aromatic heterocycles. The molecule has 1 saturated heterocycles. The summed E-state index contributed by atoms with van der Waals surface area (Å²) in [7, 11) is 0. The number of nitrogens with zero attached hydrogens (tertiary/aromatic N) is 1. The smallest absolute Gasteiger partial charge is 0.315 e. The zero-order chi connectivity index (χ0) is 14.7. The highest BCUT2D eigenvalue weighted by molar-refractivity contribution is 5.82. The number of carbonyl (C=O) groups excluding carboxylic acids is 2. The average Bonchev–Trinajstić information content (AvgIpc) is 2.73. The van der Waals surface area contributed by atoms with Crippen LogP contribution in [0.2, 0.25) is 0 Å². The predicted octanol–water partition coefficient (Wildman–Crippen LogP) is 1.87. The highest BCUT2D eigenvalue weighted by Gasteiger charge is 2.32. The van der Waals surface area contributed by atoms with E-state index in [9.17, 15) is 9.59 Å². The number of urea groups is 1. The maximum absolute atomic E-state index is 12.0. The molecule has 5 nitrogen and oxygen atoms in total. The number of likely N-dealkylation sites (tertiary alicyclic amines) is 1. The van der Waals surface area contributed by atoms with Crippen molar-refractivity contribution in [3.05, 3.63) is 0 Å². The van der Waals surface area contributed by atoms with Gasteiger partial charge in [0.25, 0.3) is 0 Å². The largest absolute Gasteiger partial charge is 0.338 e. The molecule has 1 heterocycles. The van der Waals surface area contributed by atoms with Crippen LogP contribution >= 0.6 is 0 Å². The van der Waals surface area contributed by atoms with E-state index in [2.05, 4.69) is 17.6 Å². The van der Waals surface area contributed by atoms with E-state index in [-0.39, 0.29) is 30.1 Å². The summed E-state index contributed by atoms with van der Waals surface area (Å²) in [5, 5.41) is 6.02. The Morgan fingerprint density at radius 2 is 1.95 bits per heavy atom. The lowest BCUT2D eigenvalue weighted by atomic mass is 9.86. The molecule has 2 rings (SSSR count). The molecular weight excluding hydrogens is 254 g/mol. The normalized spacial score (nSPS) is 30.7. The second-order valence-electron chi connectivity index (χ2n) is 6.53. The molecule has 1 saturated carbocycles. The van der Waals surface area contributed by atoms with Gasteiger partial charge in [0.15, 0.2) is 0 Å². The van der Waals surface area contributed by atoms with Gasteiger partial charge in [-0.2, -0.15) is 0 Å². The van der Waals surface area contributed by atoms with Crippen molar-refractivity contribution in [1.29, 1.82) is 0 Å². The highest BCUT2D eigenvalue weighted by atomic mass is 16.2. The van der Waals surface area contributed by atoms with E-state index >= 15 is 0 Å². The molecule has 1 aliphatic carbocycles. The van der Waals surface area contributed by atoms with E-state index in [0.717, 1.165) is 6.42 Å². The van der Waals surface area contributed by atoms with Crippen LogP contribution in [0.4, 0.5) is 4.79 Å². The van der Waals surface area contributed by atoms with Crippen molar-refractivity contribution in [2.75, 3.05) is 6.54 Å². The quantitative estimate of drug-likeness (QED) is 0.829. The van der Waals surface area contributed by atoms with Crippen molar-refractivity contribution in [3.8, 4) is 0 Å². The topological polar surface area (TPSA) is 61.4 Å². The minimum Gasteiger partial charge on any atom is -0.338 e. The van der Waals surface area contributed by atoms with E-state index in [1.165, 1.54) is 19.3 Å². The van der Waals surface area contributed by atoms with Crippen LogP contribution in [0, 0.1) is 5.92 Å². The summed E-state index contributed by atoms with van der Waals surface area (Å²) in [5.74, 6) is 0.684. The van der Waals surface area contributed by atoms with Gasteiger partial charge >= 0.3 is 6.03 Å². The summed E-state index contributed by atoms with van der Waals surface area (Å²) in [5.41, 5.74) is 0. The average molecular weight is 281 g/mol. The lowest BCUT2D eigenvalue weighted by molar-refractivity contribution is -0.129. The molecule has 0 bridgehead atoms. The van der Waals surface area contributed by atoms with Crippen molar-refractivity contribution in [2.24, 2.45) is 5.92 Å². The Bertz CT molecular complexity index is 370. The van der Waals surface area contributed by atoms with Gasteiger partial charge in [-0.25, -0.2) is 4.79 Å². The molecule has 0 aromatic rings. The molecule has 2 N–H and O–H groups in total. The Morgan fingerprint density at radius 1 is 1.25 bits per heavy atom. The number of rotatable bonds is 3. The molecule has 2 fully saturated rings. The number of amides is 3. The third kappa shape index (κ3) is 3.64. The van der Waals surface area contributed by atoms with E-state index in [1.807, 2.05) is 18.7 Å². The third-order valence-corrected chi connectivity index (χ3v) is 4.54. The minimum atomic E-state index is -0.118. The maximum Gasteiger partial charge on any atom is 0.315 e. The van der Waals surface area contributed by atoms with Crippen molar-refractivity contribution in [2.45, 2.75) is 71.0 Å². The molecule has 20 heavy (non-hydrogen) atoms. The first-order valence-corrected chi connectivity index (χ1v) is 7.84. The second kappa shape index (κ2) is 6.46. The summed E-state index contributed by atoms with van der Waals surface area (Å²) in [6.07, 6.45) is 5.13. The Morgan fingerprint density at radius 3 is 2.55 bits per heavy atom. The summed E-state index contributed by atoms with van der Waals surface area (Å²) in [6, 6.07) is 0.314. The van der Waals surface area contributed by atoms with Crippen LogP contribution < -0.4 is 10.6 Å². The van der Waals surface area contributed by atoms with Gasteiger partial charge in [-0.15, -0.1) is 0 Å². The standard InChI is InChI=1S/C15H27N3O2/c1-10(2)18-9-12(8-14(18)19)16-15(20)17-13-7-5-4-6-11(13)3/h10-13H,4-9H2,1-3H3,(H2,16,17,20). The lowest BCUT2D eigenvalue weighted by Crippen LogP contribution is -2.49. The Kier molecular flexibility index (Phi) is 4.89. The van der Waals surface area contributed by atoms with Crippen molar-refractivity contribution < 1.29 is 9.59 Å². The van der Waals surface area contributed by atoms with Crippen LogP contribution in [0.5, 0.6) is 0 Å². The van der Waals surface area contributed by atoms with Crippen LogP contribution in [0.3, 0.4) is 0 Å². The Balaban J connectivity index is 1.79. The summed E-state index contributed by atoms with van der Waals surface area (Å²) >= 11 is 0. The molecule has 0 radical (unpaired) electrons. The van der Waals surface area contributed by atoms with E-state index in [1.54, 1.807) is 0 Å². The minimum absolute atomic E-state index is 0.0520. The van der Waals surface area contributed by atoms with E-state index in [4.69, 9.17) is 0 Å². The van der Waals surface area contributed by atoms with E-state index in [0.29, 0.717) is 18.9 Å². The molecule has 5 heteroatoms. The molecule has 2 aliphatic rings. The Hall–Kier alpha value is -1.26. The third-order valence-electron chi connectivity index (χ3n) is 4.54. The van der Waals surface area contributed by atoms with Crippen LogP contribution in [0.1, 0.15) is 52.9 Å². The molecule has 0 aromatic carbocycles. The van der Waals surface area contributed by atoms with Gasteiger partial charge in [0.05, 0.1) is 6.04 Å². The van der Waals surface area contributed by atoms with Gasteiger partial charge in [-0.1, -0.05) is 19.8 Å². The molecular formula is C15H27N3O2. The monoisotopic (exact) mass is 281 g/mol. The number of carbonyl (C=O) groups is 2. The van der Waals surface area contributed by atoms with Crippen LogP contribution in [-0.4, -0.2) is 41.5 Å². The summed E-state index contributed by atoms with van der Waals surface area (Å²) in [4.78, 5) is 25.7. The van der Waals surface area contributed by atoms with Crippen LogP contribution in [-0.2, 0) is 4.79 Å². The second-order valence-corrected chi connectivity index (χ2v) is 6.53. The molecule has 1 aliphatic heterocycles.